The number of amides is 3. The molecule has 0 aromatic heterocycles. The van der Waals surface area contributed by atoms with Gasteiger partial charge in [0.2, 0.25) is 21.8 Å². The van der Waals surface area contributed by atoms with Crippen molar-refractivity contribution in [2.45, 2.75) is 24.3 Å². The van der Waals surface area contributed by atoms with E-state index in [9.17, 15) is 22.8 Å². The van der Waals surface area contributed by atoms with Crippen LogP contribution < -0.4 is 15.5 Å². The Hall–Kier alpha value is -3.24. The first kappa shape index (κ1) is 23.4. The lowest BCUT2D eigenvalue weighted by Gasteiger charge is -2.16. The largest absolute Gasteiger partial charge is 0.350 e. The van der Waals surface area contributed by atoms with Gasteiger partial charge in [0.1, 0.15) is 0 Å². The zero-order valence-electron chi connectivity index (χ0n) is 18.0. The molecule has 0 unspecified atom stereocenters. The number of benzene rings is 2. The van der Waals surface area contributed by atoms with Gasteiger partial charge in [-0.15, -0.1) is 0 Å². The Morgan fingerprint density at radius 3 is 2.34 bits per heavy atom. The summed E-state index contributed by atoms with van der Waals surface area (Å²) < 4.78 is 26.0. The van der Waals surface area contributed by atoms with Crippen LogP contribution in [-0.4, -0.2) is 57.6 Å². The lowest BCUT2D eigenvalue weighted by atomic mass is 10.2. The van der Waals surface area contributed by atoms with Crippen molar-refractivity contribution in [1.29, 1.82) is 0 Å². The molecular weight excluding hydrogens is 432 g/mol. The molecule has 10 heteroatoms. The van der Waals surface area contributed by atoms with Crippen LogP contribution in [0.25, 0.3) is 0 Å². The van der Waals surface area contributed by atoms with Gasteiger partial charge in [-0.2, -0.15) is 0 Å². The molecule has 0 bridgehead atoms. The molecule has 2 aromatic rings. The molecule has 9 nitrogen and oxygen atoms in total. The van der Waals surface area contributed by atoms with Crippen LogP contribution in [0.15, 0.2) is 53.4 Å². The molecule has 1 heterocycles. The van der Waals surface area contributed by atoms with Gasteiger partial charge >= 0.3 is 0 Å². The lowest BCUT2D eigenvalue weighted by Crippen LogP contribution is -2.37. The van der Waals surface area contributed by atoms with E-state index in [4.69, 9.17) is 0 Å². The van der Waals surface area contributed by atoms with E-state index in [1.165, 1.54) is 20.2 Å². The van der Waals surface area contributed by atoms with E-state index in [1.54, 1.807) is 47.4 Å². The number of carbonyl (C=O) groups is 3. The first-order chi connectivity index (χ1) is 15.2. The summed E-state index contributed by atoms with van der Waals surface area (Å²) in [5.41, 5.74) is 1.57. The molecule has 1 aliphatic rings. The predicted octanol–water partition coefficient (Wildman–Crippen LogP) is 1.11. The molecule has 0 radical (unpaired) electrons. The van der Waals surface area contributed by atoms with Crippen molar-refractivity contribution in [3.05, 3.63) is 59.7 Å². The minimum Gasteiger partial charge on any atom is -0.350 e. The Balaban J connectivity index is 1.54. The van der Waals surface area contributed by atoms with Gasteiger partial charge in [-0.1, -0.05) is 18.2 Å². The second-order valence-electron chi connectivity index (χ2n) is 7.55. The average Bonchev–Trinajstić information content (AvgIpc) is 3.22. The fraction of sp³-hybridized carbons (Fsp3) is 0.318. The maximum absolute atomic E-state index is 12.4. The van der Waals surface area contributed by atoms with Crippen LogP contribution in [0.4, 0.5) is 5.69 Å². The molecule has 1 aliphatic heterocycles. The highest BCUT2D eigenvalue weighted by Crippen LogP contribution is 2.21. The third-order valence-electron chi connectivity index (χ3n) is 5.13. The van der Waals surface area contributed by atoms with Crippen LogP contribution in [0.3, 0.4) is 0 Å². The average molecular weight is 459 g/mol. The quantitative estimate of drug-likeness (QED) is 0.615. The third kappa shape index (κ3) is 5.32. The summed E-state index contributed by atoms with van der Waals surface area (Å²) in [5.74, 6) is -0.802. The number of hydrogen-bond acceptors (Lipinski definition) is 5. The van der Waals surface area contributed by atoms with Gasteiger partial charge in [-0.05, 0) is 42.3 Å². The van der Waals surface area contributed by atoms with E-state index in [0.29, 0.717) is 24.1 Å². The summed E-state index contributed by atoms with van der Waals surface area (Å²) in [7, 11) is -0.762. The van der Waals surface area contributed by atoms with Crippen molar-refractivity contribution in [3.63, 3.8) is 0 Å². The summed E-state index contributed by atoms with van der Waals surface area (Å²) in [5, 5.41) is 5.17. The van der Waals surface area contributed by atoms with E-state index in [1.807, 2.05) is 0 Å². The van der Waals surface area contributed by atoms with Crippen LogP contribution in [0, 0.1) is 0 Å². The van der Waals surface area contributed by atoms with E-state index >= 15 is 0 Å². The highest BCUT2D eigenvalue weighted by Gasteiger charge is 2.22. The first-order valence-electron chi connectivity index (χ1n) is 10.2. The van der Waals surface area contributed by atoms with Gasteiger partial charge in [0.15, 0.2) is 0 Å². The van der Waals surface area contributed by atoms with Crippen molar-refractivity contribution >= 4 is 33.4 Å². The number of rotatable bonds is 8. The summed E-state index contributed by atoms with van der Waals surface area (Å²) in [4.78, 5) is 38.1. The summed E-state index contributed by atoms with van der Waals surface area (Å²) >= 11 is 0. The predicted molar refractivity (Wildman–Crippen MR) is 120 cm³/mol. The maximum Gasteiger partial charge on any atom is 0.251 e. The standard InChI is InChI=1S/C22H26N4O5S/c1-25(2)32(30,31)19-7-4-3-6-17(19)14-23-20(27)15-24-22(29)16-9-11-18(12-10-16)26-13-5-8-21(26)28/h3-4,6-7,9-12H,5,8,13-15H2,1-2H3,(H,23,27)(H,24,29). The van der Waals surface area contributed by atoms with Crippen molar-refractivity contribution in [1.82, 2.24) is 14.9 Å². The van der Waals surface area contributed by atoms with Gasteiger partial charge in [0.05, 0.1) is 11.4 Å². The fourth-order valence-electron chi connectivity index (χ4n) is 3.33. The van der Waals surface area contributed by atoms with Crippen LogP contribution in [0.1, 0.15) is 28.8 Å². The van der Waals surface area contributed by atoms with Crippen molar-refractivity contribution in [2.24, 2.45) is 0 Å². The van der Waals surface area contributed by atoms with Crippen molar-refractivity contribution in [3.8, 4) is 0 Å². The molecule has 1 fully saturated rings. The lowest BCUT2D eigenvalue weighted by molar-refractivity contribution is -0.120. The third-order valence-corrected chi connectivity index (χ3v) is 7.05. The molecule has 2 N–H and O–H groups in total. The highest BCUT2D eigenvalue weighted by molar-refractivity contribution is 7.89. The molecule has 0 aliphatic carbocycles. The van der Waals surface area contributed by atoms with Gasteiger partial charge in [-0.25, -0.2) is 12.7 Å². The number of carbonyl (C=O) groups excluding carboxylic acids is 3. The first-order valence-corrected chi connectivity index (χ1v) is 11.6. The van der Waals surface area contributed by atoms with Crippen molar-refractivity contribution in [2.75, 3.05) is 32.1 Å². The van der Waals surface area contributed by atoms with E-state index < -0.39 is 21.8 Å². The fourth-order valence-corrected chi connectivity index (χ4v) is 4.45. The van der Waals surface area contributed by atoms with E-state index in [-0.39, 0.29) is 23.9 Å². The van der Waals surface area contributed by atoms with E-state index in [0.717, 1.165) is 16.4 Å². The molecule has 3 amide bonds. The van der Waals surface area contributed by atoms with Crippen LogP contribution >= 0.6 is 0 Å². The van der Waals surface area contributed by atoms with Gasteiger partial charge in [0, 0.05) is 44.9 Å². The van der Waals surface area contributed by atoms with Gasteiger partial charge < -0.3 is 15.5 Å². The molecule has 170 valence electrons. The number of anilines is 1. The Kier molecular flexibility index (Phi) is 7.26. The number of hydrogen-bond donors (Lipinski definition) is 2. The van der Waals surface area contributed by atoms with Crippen LogP contribution in [0.5, 0.6) is 0 Å². The molecule has 3 rings (SSSR count). The van der Waals surface area contributed by atoms with Gasteiger partial charge in [0.25, 0.3) is 5.91 Å². The Morgan fingerprint density at radius 1 is 1.03 bits per heavy atom. The molecular formula is C22H26N4O5S. The summed E-state index contributed by atoms with van der Waals surface area (Å²) in [6.07, 6.45) is 1.35. The highest BCUT2D eigenvalue weighted by atomic mass is 32.2. The monoisotopic (exact) mass is 458 g/mol. The maximum atomic E-state index is 12.4. The van der Waals surface area contributed by atoms with Crippen LogP contribution in [-0.2, 0) is 26.2 Å². The normalized spacial score (nSPS) is 14.0. The molecule has 0 saturated carbocycles. The second kappa shape index (κ2) is 9.92. The minimum absolute atomic E-state index is 0.0104. The number of nitrogens with one attached hydrogen (secondary N) is 2. The molecule has 32 heavy (non-hydrogen) atoms. The Labute approximate surface area is 187 Å². The topological polar surface area (TPSA) is 116 Å². The number of nitrogens with zero attached hydrogens (tertiary/aromatic N) is 2. The van der Waals surface area contributed by atoms with Crippen LogP contribution in [0.2, 0.25) is 0 Å². The number of sulfonamides is 1. The van der Waals surface area contributed by atoms with Gasteiger partial charge in [-0.3, -0.25) is 14.4 Å². The zero-order valence-corrected chi connectivity index (χ0v) is 18.8. The second-order valence-corrected chi connectivity index (χ2v) is 9.67. The Morgan fingerprint density at radius 2 is 1.72 bits per heavy atom. The summed E-state index contributed by atoms with van der Waals surface area (Å²) in [6, 6.07) is 13.1. The molecule has 2 aromatic carbocycles. The molecule has 0 spiro atoms. The molecule has 0 atom stereocenters. The summed E-state index contributed by atoms with van der Waals surface area (Å²) in [6.45, 7) is 0.424. The Bertz CT molecular complexity index is 1110. The minimum atomic E-state index is -3.64. The molecule has 1 saturated heterocycles. The SMILES string of the molecule is CN(C)S(=O)(=O)c1ccccc1CNC(=O)CNC(=O)c1ccc(N2CCCC2=O)cc1. The smallest absolute Gasteiger partial charge is 0.251 e. The van der Waals surface area contributed by atoms with E-state index in [2.05, 4.69) is 10.6 Å². The van der Waals surface area contributed by atoms with Crippen molar-refractivity contribution < 1.29 is 22.8 Å². The zero-order chi connectivity index (χ0) is 23.3.